The molecule has 11 heteroatoms. The quantitative estimate of drug-likeness (QED) is 0.160. The molecule has 0 aromatic carbocycles. The summed E-state index contributed by atoms with van der Waals surface area (Å²) in [5, 5.41) is 14.2. The van der Waals surface area contributed by atoms with E-state index in [1.165, 1.54) is 56.2 Å². The minimum absolute atomic E-state index is 0.00339. The first-order chi connectivity index (χ1) is 16.4. The Hall–Kier alpha value is -2.46. The predicted octanol–water partition coefficient (Wildman–Crippen LogP) is 3.29. The number of azide groups is 1. The average Bonchev–Trinajstić information content (AvgIpc) is 3.23. The zero-order valence-corrected chi connectivity index (χ0v) is 20.1. The molecule has 1 aromatic heterocycles. The lowest BCUT2D eigenvalue weighted by molar-refractivity contribution is -0.138. The number of aromatic amines is 1. The fraction of sp³-hybridized carbons (Fsp3) is 0.783. The maximum atomic E-state index is 12.5. The molecule has 2 heterocycles. The molecule has 34 heavy (non-hydrogen) atoms. The number of hydrogen-bond acceptors (Lipinski definition) is 7. The summed E-state index contributed by atoms with van der Waals surface area (Å²) in [7, 11) is 0. The maximum absolute atomic E-state index is 12.5. The fourth-order valence-electron chi connectivity index (χ4n) is 4.06. The van der Waals surface area contributed by atoms with Gasteiger partial charge in [-0.2, -0.15) is 0 Å². The molecule has 190 valence electrons. The van der Waals surface area contributed by atoms with E-state index in [1.54, 1.807) is 0 Å². The molecule has 11 nitrogen and oxygen atoms in total. The van der Waals surface area contributed by atoms with E-state index in [0.29, 0.717) is 12.2 Å². The van der Waals surface area contributed by atoms with Gasteiger partial charge in [-0.15, -0.1) is 0 Å². The van der Waals surface area contributed by atoms with E-state index in [9.17, 15) is 19.5 Å². The number of Topliss-reactive ketones (excluding diaryl/α,β-unsaturated/α-hetero) is 1. The molecule has 0 saturated carbocycles. The van der Waals surface area contributed by atoms with Gasteiger partial charge in [0.05, 0.1) is 12.6 Å². The number of H-pyrrole nitrogens is 1. The smallest absolute Gasteiger partial charge is 0.330 e. The van der Waals surface area contributed by atoms with E-state index in [-0.39, 0.29) is 19.4 Å². The standard InChI is InChI=1S/C23H37N5O6/c1-3-4-5-6-7-8-9-10-12-33-13-11-18(29)20(30)21-17(26-27-24)14-19(34-21)28-15-16(2)22(31)25-23(28)32/h15,17,19-21,30H,3-14H2,1-2H3,(H,25,31,32)/t17-,19+,20?,21-/m0/s1. The molecule has 1 saturated heterocycles. The Balaban J connectivity index is 1.78. The topological polar surface area (TPSA) is 159 Å². The zero-order chi connectivity index (χ0) is 24.9. The lowest BCUT2D eigenvalue weighted by Crippen LogP contribution is -2.40. The summed E-state index contributed by atoms with van der Waals surface area (Å²) in [5.74, 6) is -0.482. The number of unbranched alkanes of at least 4 members (excludes halogenated alkanes) is 7. The monoisotopic (exact) mass is 479 g/mol. The van der Waals surface area contributed by atoms with Crippen molar-refractivity contribution in [3.05, 3.63) is 43.0 Å². The number of ketones is 1. The van der Waals surface area contributed by atoms with Gasteiger partial charge in [-0.3, -0.25) is 19.1 Å². The number of hydrogen-bond donors (Lipinski definition) is 2. The van der Waals surface area contributed by atoms with Gasteiger partial charge in [0.25, 0.3) is 5.56 Å². The second kappa shape index (κ2) is 14.7. The lowest BCUT2D eigenvalue weighted by Gasteiger charge is -2.21. The first-order valence-electron chi connectivity index (χ1n) is 12.2. The second-order valence-electron chi connectivity index (χ2n) is 8.79. The number of carbonyl (C=O) groups is 1. The number of aryl methyl sites for hydroxylation is 1. The minimum Gasteiger partial charge on any atom is -0.383 e. The Kier molecular flexibility index (Phi) is 12.0. The minimum atomic E-state index is -1.52. The number of nitrogens with one attached hydrogen (secondary N) is 1. The van der Waals surface area contributed by atoms with Crippen molar-refractivity contribution in [2.75, 3.05) is 13.2 Å². The highest BCUT2D eigenvalue weighted by Gasteiger charge is 2.42. The second-order valence-corrected chi connectivity index (χ2v) is 8.79. The maximum Gasteiger partial charge on any atom is 0.330 e. The average molecular weight is 480 g/mol. The summed E-state index contributed by atoms with van der Waals surface area (Å²) in [6.07, 6.45) is 7.49. The third-order valence-electron chi connectivity index (χ3n) is 6.07. The third-order valence-corrected chi connectivity index (χ3v) is 6.07. The Bertz CT molecular complexity index is 939. The molecule has 1 fully saturated rings. The summed E-state index contributed by atoms with van der Waals surface area (Å²) >= 11 is 0. The lowest BCUT2D eigenvalue weighted by atomic mass is 10.0. The van der Waals surface area contributed by atoms with Gasteiger partial charge in [0, 0.05) is 36.1 Å². The highest BCUT2D eigenvalue weighted by Crippen LogP contribution is 2.32. The van der Waals surface area contributed by atoms with Gasteiger partial charge >= 0.3 is 5.69 Å². The van der Waals surface area contributed by atoms with Crippen molar-refractivity contribution in [2.24, 2.45) is 5.11 Å². The number of nitrogens with zero attached hydrogens (tertiary/aromatic N) is 4. The first kappa shape index (κ1) is 27.8. The van der Waals surface area contributed by atoms with Crippen molar-refractivity contribution in [3.63, 3.8) is 0 Å². The van der Waals surface area contributed by atoms with E-state index in [1.807, 2.05) is 0 Å². The van der Waals surface area contributed by atoms with Gasteiger partial charge in [0.1, 0.15) is 18.4 Å². The van der Waals surface area contributed by atoms with Crippen LogP contribution in [0.5, 0.6) is 0 Å². The zero-order valence-electron chi connectivity index (χ0n) is 20.1. The Morgan fingerprint density at radius 1 is 1.26 bits per heavy atom. The van der Waals surface area contributed by atoms with Crippen LogP contribution in [0.25, 0.3) is 10.4 Å². The Morgan fingerprint density at radius 2 is 1.94 bits per heavy atom. The largest absolute Gasteiger partial charge is 0.383 e. The highest BCUT2D eigenvalue weighted by molar-refractivity contribution is 5.83. The summed E-state index contributed by atoms with van der Waals surface area (Å²) < 4.78 is 12.4. The molecule has 0 radical (unpaired) electrons. The normalized spacial score (nSPS) is 20.7. The molecule has 0 amide bonds. The van der Waals surface area contributed by atoms with Crippen LogP contribution in [-0.4, -0.2) is 51.9 Å². The van der Waals surface area contributed by atoms with Crippen LogP contribution in [0, 0.1) is 6.92 Å². The molecule has 4 atom stereocenters. The summed E-state index contributed by atoms with van der Waals surface area (Å²) in [6.45, 7) is 4.50. The SMILES string of the molecule is CCCCCCCCCCOCCC(=O)C(O)[C@H]1O[C@@H](n2cc(C)c(=O)[nH]c2=O)C[C@@H]1N=[N+]=[N-]. The molecule has 2 N–H and O–H groups in total. The fourth-order valence-corrected chi connectivity index (χ4v) is 4.06. The van der Waals surface area contributed by atoms with Crippen molar-refractivity contribution in [1.29, 1.82) is 0 Å². The van der Waals surface area contributed by atoms with Gasteiger partial charge < -0.3 is 14.6 Å². The number of carbonyl (C=O) groups excluding carboxylic acids is 1. The van der Waals surface area contributed by atoms with Crippen LogP contribution in [0.2, 0.25) is 0 Å². The molecule has 1 aromatic rings. The van der Waals surface area contributed by atoms with Gasteiger partial charge in [-0.25, -0.2) is 4.79 Å². The van der Waals surface area contributed by atoms with Crippen molar-refractivity contribution >= 4 is 5.78 Å². The molecule has 0 spiro atoms. The number of aliphatic hydroxyl groups excluding tert-OH is 1. The van der Waals surface area contributed by atoms with Crippen LogP contribution in [0.15, 0.2) is 20.9 Å². The number of aromatic nitrogens is 2. The number of aliphatic hydroxyl groups is 1. The van der Waals surface area contributed by atoms with Crippen LogP contribution in [0.4, 0.5) is 0 Å². The number of rotatable bonds is 16. The van der Waals surface area contributed by atoms with Gasteiger partial charge in [-0.1, -0.05) is 57.0 Å². The first-order valence-corrected chi connectivity index (χ1v) is 12.2. The molecular formula is C23H37N5O6. The highest BCUT2D eigenvalue weighted by atomic mass is 16.5. The van der Waals surface area contributed by atoms with E-state index in [0.717, 1.165) is 12.8 Å². The van der Waals surface area contributed by atoms with Crippen molar-refractivity contribution in [1.82, 2.24) is 9.55 Å². The van der Waals surface area contributed by atoms with Gasteiger partial charge in [0.15, 0.2) is 5.78 Å². The molecule has 1 aliphatic rings. The van der Waals surface area contributed by atoms with Crippen molar-refractivity contribution in [3.8, 4) is 0 Å². The van der Waals surface area contributed by atoms with E-state index >= 15 is 0 Å². The van der Waals surface area contributed by atoms with E-state index < -0.39 is 41.5 Å². The van der Waals surface area contributed by atoms with Crippen molar-refractivity contribution < 1.29 is 19.4 Å². The van der Waals surface area contributed by atoms with Gasteiger partial charge in [0.2, 0.25) is 0 Å². The Morgan fingerprint density at radius 3 is 2.62 bits per heavy atom. The molecule has 2 rings (SSSR count). The molecule has 1 aliphatic heterocycles. The van der Waals surface area contributed by atoms with Crippen LogP contribution < -0.4 is 11.2 Å². The van der Waals surface area contributed by atoms with Gasteiger partial charge in [-0.05, 0) is 18.9 Å². The summed E-state index contributed by atoms with van der Waals surface area (Å²) in [5.41, 5.74) is 7.98. The predicted molar refractivity (Wildman–Crippen MR) is 127 cm³/mol. The van der Waals surface area contributed by atoms with Crippen LogP contribution in [0.3, 0.4) is 0 Å². The van der Waals surface area contributed by atoms with Crippen molar-refractivity contribution in [2.45, 2.75) is 103 Å². The van der Waals surface area contributed by atoms with Crippen LogP contribution in [0.1, 0.15) is 82.9 Å². The molecule has 0 bridgehead atoms. The molecular weight excluding hydrogens is 442 g/mol. The Labute approximate surface area is 199 Å². The van der Waals surface area contributed by atoms with Crippen LogP contribution >= 0.6 is 0 Å². The third kappa shape index (κ3) is 8.39. The summed E-state index contributed by atoms with van der Waals surface area (Å²) in [6, 6.07) is -0.841. The van der Waals surface area contributed by atoms with Crippen LogP contribution in [-0.2, 0) is 14.3 Å². The van der Waals surface area contributed by atoms with E-state index in [4.69, 9.17) is 15.0 Å². The molecule has 0 aliphatic carbocycles. The molecule has 1 unspecified atom stereocenters. The van der Waals surface area contributed by atoms with E-state index in [2.05, 4.69) is 21.9 Å². The number of ether oxygens (including phenoxy) is 2. The summed E-state index contributed by atoms with van der Waals surface area (Å²) in [4.78, 5) is 41.2.